The van der Waals surface area contributed by atoms with Gasteiger partial charge in [0.25, 0.3) is 0 Å². The normalized spacial score (nSPS) is 15.1. The summed E-state index contributed by atoms with van der Waals surface area (Å²) in [6.45, 7) is 1.47. The van der Waals surface area contributed by atoms with E-state index in [-0.39, 0.29) is 25.5 Å². The smallest absolute Gasteiger partial charge is 0.222 e. The molecule has 0 saturated heterocycles. The number of hydrogen-bond donors (Lipinski definition) is 3. The monoisotopic (exact) mass is 191 g/mol. The van der Waals surface area contributed by atoms with Crippen molar-refractivity contribution in [3.8, 4) is 0 Å². The molecule has 1 atom stereocenters. The fourth-order valence-corrected chi connectivity index (χ4v) is 0.628. The minimum atomic E-state index is -1.25. The minimum Gasteiger partial charge on any atom is -0.393 e. The van der Waals surface area contributed by atoms with E-state index in [1.165, 1.54) is 14.0 Å². The van der Waals surface area contributed by atoms with Gasteiger partial charge in [0.2, 0.25) is 5.91 Å². The zero-order valence-corrected chi connectivity index (χ0v) is 8.04. The summed E-state index contributed by atoms with van der Waals surface area (Å²) < 4.78 is 4.70. The van der Waals surface area contributed by atoms with E-state index in [0.717, 1.165) is 0 Å². The lowest BCUT2D eigenvalue weighted by Gasteiger charge is -2.20. The zero-order valence-electron chi connectivity index (χ0n) is 8.04. The van der Waals surface area contributed by atoms with Gasteiger partial charge in [-0.1, -0.05) is 0 Å². The number of rotatable bonds is 6. The van der Waals surface area contributed by atoms with Gasteiger partial charge in [-0.2, -0.15) is 0 Å². The number of nitrogens with one attached hydrogen (secondary N) is 1. The van der Waals surface area contributed by atoms with Gasteiger partial charge in [-0.15, -0.1) is 0 Å². The number of aliphatic hydroxyl groups excluding tert-OH is 1. The Morgan fingerprint density at radius 2 is 2.23 bits per heavy atom. The Morgan fingerprint density at radius 3 is 2.69 bits per heavy atom. The van der Waals surface area contributed by atoms with Crippen LogP contribution >= 0.6 is 0 Å². The van der Waals surface area contributed by atoms with Crippen molar-refractivity contribution in [3.05, 3.63) is 0 Å². The highest BCUT2D eigenvalue weighted by Crippen LogP contribution is 1.98. The number of hydrogen-bond acceptors (Lipinski definition) is 4. The van der Waals surface area contributed by atoms with Crippen LogP contribution < -0.4 is 5.32 Å². The molecule has 0 bridgehead atoms. The lowest BCUT2D eigenvalue weighted by Crippen LogP contribution is -2.43. The Balaban J connectivity index is 3.57. The molecule has 3 N–H and O–H groups in total. The molecule has 0 aromatic carbocycles. The van der Waals surface area contributed by atoms with Gasteiger partial charge in [0, 0.05) is 20.1 Å². The average Bonchev–Trinajstić information content (AvgIpc) is 2.11. The third-order valence-corrected chi connectivity index (χ3v) is 1.54. The van der Waals surface area contributed by atoms with Crippen molar-refractivity contribution < 1.29 is 19.7 Å². The standard InChI is InChI=1S/C8H17NO4/c1-8(12,6-10)5-9-7(11)3-4-13-2/h10,12H,3-6H2,1-2H3,(H,9,11). The van der Waals surface area contributed by atoms with Crippen molar-refractivity contribution in [2.45, 2.75) is 18.9 Å². The molecule has 5 heteroatoms. The number of amides is 1. The Hall–Kier alpha value is -0.650. The predicted molar refractivity (Wildman–Crippen MR) is 47.2 cm³/mol. The van der Waals surface area contributed by atoms with Crippen molar-refractivity contribution >= 4 is 5.91 Å². The average molecular weight is 191 g/mol. The second-order valence-electron chi connectivity index (χ2n) is 3.17. The summed E-state index contributed by atoms with van der Waals surface area (Å²) in [5.41, 5.74) is -1.25. The van der Waals surface area contributed by atoms with Crippen molar-refractivity contribution in [2.24, 2.45) is 0 Å². The van der Waals surface area contributed by atoms with Gasteiger partial charge < -0.3 is 20.3 Å². The summed E-state index contributed by atoms with van der Waals surface area (Å²) in [7, 11) is 1.51. The lowest BCUT2D eigenvalue weighted by molar-refractivity contribution is -0.123. The first-order valence-corrected chi connectivity index (χ1v) is 4.11. The molecule has 0 saturated carbocycles. The van der Waals surface area contributed by atoms with Gasteiger partial charge in [-0.05, 0) is 6.92 Å². The quantitative estimate of drug-likeness (QED) is 0.497. The second-order valence-corrected chi connectivity index (χ2v) is 3.17. The number of aliphatic hydroxyl groups is 2. The Kier molecular flexibility index (Phi) is 5.61. The number of methoxy groups -OCH3 is 1. The first kappa shape index (κ1) is 12.3. The third-order valence-electron chi connectivity index (χ3n) is 1.54. The van der Waals surface area contributed by atoms with Gasteiger partial charge in [0.05, 0.1) is 13.2 Å². The van der Waals surface area contributed by atoms with E-state index in [0.29, 0.717) is 6.61 Å². The van der Waals surface area contributed by atoms with Crippen LogP contribution in [-0.4, -0.2) is 48.6 Å². The van der Waals surface area contributed by atoms with Crippen molar-refractivity contribution in [3.63, 3.8) is 0 Å². The zero-order chi connectivity index (χ0) is 10.3. The molecule has 0 aromatic rings. The molecule has 0 aliphatic carbocycles. The molecular weight excluding hydrogens is 174 g/mol. The molecule has 1 amide bonds. The van der Waals surface area contributed by atoms with E-state index in [1.807, 2.05) is 0 Å². The number of carbonyl (C=O) groups excluding carboxylic acids is 1. The SMILES string of the molecule is COCCC(=O)NCC(C)(O)CO. The summed E-state index contributed by atoms with van der Waals surface area (Å²) in [4.78, 5) is 11.0. The Morgan fingerprint density at radius 1 is 1.62 bits per heavy atom. The molecule has 0 spiro atoms. The van der Waals surface area contributed by atoms with Crippen LogP contribution in [0.2, 0.25) is 0 Å². The largest absolute Gasteiger partial charge is 0.393 e. The Bertz CT molecular complexity index is 158. The van der Waals surface area contributed by atoms with E-state index in [2.05, 4.69) is 5.32 Å². The van der Waals surface area contributed by atoms with Gasteiger partial charge >= 0.3 is 0 Å². The first-order chi connectivity index (χ1) is 6.02. The van der Waals surface area contributed by atoms with Crippen LogP contribution in [0.5, 0.6) is 0 Å². The predicted octanol–water partition coefficient (Wildman–Crippen LogP) is -1.12. The van der Waals surface area contributed by atoms with Gasteiger partial charge in [-0.3, -0.25) is 4.79 Å². The highest BCUT2D eigenvalue weighted by atomic mass is 16.5. The van der Waals surface area contributed by atoms with Crippen molar-refractivity contribution in [1.29, 1.82) is 0 Å². The summed E-state index contributed by atoms with van der Waals surface area (Å²) >= 11 is 0. The summed E-state index contributed by atoms with van der Waals surface area (Å²) in [5.74, 6) is -0.199. The van der Waals surface area contributed by atoms with Crippen LogP contribution in [0.15, 0.2) is 0 Å². The highest BCUT2D eigenvalue weighted by molar-refractivity contribution is 5.76. The van der Waals surface area contributed by atoms with Crippen molar-refractivity contribution in [1.82, 2.24) is 5.32 Å². The summed E-state index contributed by atoms with van der Waals surface area (Å²) in [6, 6.07) is 0. The fraction of sp³-hybridized carbons (Fsp3) is 0.875. The number of carbonyl (C=O) groups is 1. The van der Waals surface area contributed by atoms with Crippen LogP contribution in [0.25, 0.3) is 0 Å². The maximum absolute atomic E-state index is 11.0. The molecule has 0 fully saturated rings. The third kappa shape index (κ3) is 6.51. The van der Waals surface area contributed by atoms with Crippen molar-refractivity contribution in [2.75, 3.05) is 26.9 Å². The fourth-order valence-electron chi connectivity index (χ4n) is 0.628. The molecule has 0 aliphatic rings. The Labute approximate surface area is 77.7 Å². The summed E-state index contributed by atoms with van der Waals surface area (Å²) in [5, 5.41) is 20.4. The van der Waals surface area contributed by atoms with E-state index >= 15 is 0 Å². The lowest BCUT2D eigenvalue weighted by atomic mass is 10.1. The second kappa shape index (κ2) is 5.90. The molecule has 0 radical (unpaired) electrons. The molecule has 0 aromatic heterocycles. The van der Waals surface area contributed by atoms with E-state index in [9.17, 15) is 9.90 Å². The highest BCUT2D eigenvalue weighted by Gasteiger charge is 2.19. The maximum Gasteiger partial charge on any atom is 0.222 e. The van der Waals surface area contributed by atoms with Gasteiger partial charge in [0.1, 0.15) is 5.60 Å². The van der Waals surface area contributed by atoms with E-state index in [4.69, 9.17) is 9.84 Å². The summed E-state index contributed by atoms with van der Waals surface area (Å²) in [6.07, 6.45) is 0.262. The molecule has 0 aliphatic heterocycles. The molecule has 0 rings (SSSR count). The van der Waals surface area contributed by atoms with E-state index in [1.54, 1.807) is 0 Å². The molecule has 1 unspecified atom stereocenters. The van der Waals surface area contributed by atoms with Crippen LogP contribution in [-0.2, 0) is 9.53 Å². The molecule has 0 heterocycles. The molecule has 78 valence electrons. The van der Waals surface area contributed by atoms with Gasteiger partial charge in [-0.25, -0.2) is 0 Å². The van der Waals surface area contributed by atoms with Crippen LogP contribution in [0.3, 0.4) is 0 Å². The molecular formula is C8H17NO4. The topological polar surface area (TPSA) is 78.8 Å². The number of ether oxygens (including phenoxy) is 1. The molecule has 5 nitrogen and oxygen atoms in total. The first-order valence-electron chi connectivity index (χ1n) is 4.11. The minimum absolute atomic E-state index is 0.0477. The van der Waals surface area contributed by atoms with E-state index < -0.39 is 5.60 Å². The van der Waals surface area contributed by atoms with Crippen LogP contribution in [0.1, 0.15) is 13.3 Å². The van der Waals surface area contributed by atoms with Gasteiger partial charge in [0.15, 0.2) is 0 Å². The van der Waals surface area contributed by atoms with Crippen LogP contribution in [0.4, 0.5) is 0 Å². The maximum atomic E-state index is 11.0. The molecule has 13 heavy (non-hydrogen) atoms. The van der Waals surface area contributed by atoms with Crippen LogP contribution in [0, 0.1) is 0 Å².